The molecular weight excluding hydrogens is 414 g/mol. The van der Waals surface area contributed by atoms with Crippen LogP contribution in [0.4, 0.5) is 5.69 Å². The lowest BCUT2D eigenvalue weighted by Crippen LogP contribution is -2.15. The van der Waals surface area contributed by atoms with Crippen molar-refractivity contribution in [2.45, 2.75) is 5.75 Å². The molecule has 156 valence electrons. The second-order valence-corrected chi connectivity index (χ2v) is 8.66. The molecule has 0 amide bonds. The van der Waals surface area contributed by atoms with E-state index in [1.165, 1.54) is 6.20 Å². The molecule has 3 N–H and O–H groups in total. The van der Waals surface area contributed by atoms with Crippen LogP contribution in [-0.2, 0) is 20.6 Å². The van der Waals surface area contributed by atoms with Gasteiger partial charge in [-0.1, -0.05) is 60.7 Å². The number of hydrogen-bond donors (Lipinski definition) is 3. The van der Waals surface area contributed by atoms with Crippen LogP contribution < -0.4 is 4.72 Å². The number of pyridine rings is 1. The van der Waals surface area contributed by atoms with Gasteiger partial charge >= 0.3 is 5.97 Å². The molecular formula is C23H19N3O4S. The van der Waals surface area contributed by atoms with Crippen LogP contribution in [-0.4, -0.2) is 29.5 Å². The number of sulfonamides is 1. The van der Waals surface area contributed by atoms with Crippen molar-refractivity contribution < 1.29 is 18.3 Å². The van der Waals surface area contributed by atoms with E-state index in [0.717, 1.165) is 0 Å². The number of nitrogens with zero attached hydrogens (tertiary/aromatic N) is 1. The number of aromatic nitrogens is 2. The molecule has 4 aromatic rings. The summed E-state index contributed by atoms with van der Waals surface area (Å²) in [5.41, 5.74) is 2.77. The summed E-state index contributed by atoms with van der Waals surface area (Å²) in [7, 11) is -3.64. The topological polar surface area (TPSA) is 112 Å². The first-order valence-electron chi connectivity index (χ1n) is 9.43. The molecule has 0 saturated carbocycles. The largest absolute Gasteiger partial charge is 0.478 e. The number of anilines is 1. The Bertz CT molecular complexity index is 1360. The summed E-state index contributed by atoms with van der Waals surface area (Å²) in [6.07, 6.45) is 4.61. The maximum absolute atomic E-state index is 12.5. The Labute approximate surface area is 179 Å². The zero-order chi connectivity index (χ0) is 21.8. The van der Waals surface area contributed by atoms with E-state index < -0.39 is 16.0 Å². The van der Waals surface area contributed by atoms with Crippen molar-refractivity contribution in [2.24, 2.45) is 0 Å². The average molecular weight is 433 g/mol. The monoisotopic (exact) mass is 433 g/mol. The second kappa shape index (κ2) is 8.45. The lowest BCUT2D eigenvalue weighted by Gasteiger charge is -2.08. The number of rotatable bonds is 7. The maximum atomic E-state index is 12.5. The molecule has 2 aromatic heterocycles. The highest BCUT2D eigenvalue weighted by Crippen LogP contribution is 2.26. The number of carboxylic acids is 1. The summed E-state index contributed by atoms with van der Waals surface area (Å²) >= 11 is 0. The highest BCUT2D eigenvalue weighted by atomic mass is 32.2. The molecule has 0 aliphatic heterocycles. The van der Waals surface area contributed by atoms with Crippen LogP contribution >= 0.6 is 0 Å². The van der Waals surface area contributed by atoms with E-state index in [-0.39, 0.29) is 11.3 Å². The van der Waals surface area contributed by atoms with Gasteiger partial charge in [0, 0.05) is 17.1 Å². The van der Waals surface area contributed by atoms with Gasteiger partial charge in [0.05, 0.1) is 23.2 Å². The van der Waals surface area contributed by atoms with Gasteiger partial charge in [-0.15, -0.1) is 0 Å². The van der Waals surface area contributed by atoms with Gasteiger partial charge in [-0.2, -0.15) is 0 Å². The predicted octanol–water partition coefficient (Wildman–Crippen LogP) is 4.13. The molecule has 0 aliphatic carbocycles. The van der Waals surface area contributed by atoms with Crippen molar-refractivity contribution in [2.75, 3.05) is 4.72 Å². The van der Waals surface area contributed by atoms with Crippen LogP contribution in [0.25, 0.3) is 22.7 Å². The number of benzene rings is 2. The van der Waals surface area contributed by atoms with Gasteiger partial charge in [-0.3, -0.25) is 4.72 Å². The molecule has 0 unspecified atom stereocenters. The fourth-order valence-electron chi connectivity index (χ4n) is 3.25. The van der Waals surface area contributed by atoms with E-state index in [1.807, 2.05) is 12.1 Å². The number of aliphatic carboxylic acids is 1. The van der Waals surface area contributed by atoms with E-state index in [9.17, 15) is 18.3 Å². The standard InChI is InChI=1S/C23H19N3O4S/c27-23(28)21(17-9-5-2-6-10-17)11-18-13-24-22-20(18)12-19(14-25-22)26-31(29,30)15-16-7-3-1-4-8-16/h1-14,26H,15H2,(H,24,25)(H,27,28). The number of carboxylic acid groups (broad SMARTS) is 1. The van der Waals surface area contributed by atoms with E-state index >= 15 is 0 Å². The highest BCUT2D eigenvalue weighted by Gasteiger charge is 2.15. The number of aromatic amines is 1. The smallest absolute Gasteiger partial charge is 0.336 e. The Kier molecular flexibility index (Phi) is 5.55. The van der Waals surface area contributed by atoms with Crippen LogP contribution in [0.3, 0.4) is 0 Å². The third-order valence-electron chi connectivity index (χ3n) is 4.65. The number of fused-ring (bicyclic) bond motifs is 1. The molecule has 2 heterocycles. The van der Waals surface area contributed by atoms with Crippen molar-refractivity contribution in [1.29, 1.82) is 0 Å². The van der Waals surface area contributed by atoms with Gasteiger partial charge in [0.25, 0.3) is 0 Å². The normalized spacial score (nSPS) is 12.1. The van der Waals surface area contributed by atoms with E-state index in [4.69, 9.17) is 0 Å². The summed E-state index contributed by atoms with van der Waals surface area (Å²) in [5, 5.41) is 10.3. The van der Waals surface area contributed by atoms with E-state index in [0.29, 0.717) is 33.4 Å². The molecule has 0 spiro atoms. The molecule has 4 rings (SSSR count). The van der Waals surface area contributed by atoms with Crippen LogP contribution in [0, 0.1) is 0 Å². The predicted molar refractivity (Wildman–Crippen MR) is 121 cm³/mol. The third kappa shape index (κ3) is 4.81. The molecule has 0 radical (unpaired) electrons. The maximum Gasteiger partial charge on any atom is 0.336 e. The first-order valence-corrected chi connectivity index (χ1v) is 11.1. The zero-order valence-electron chi connectivity index (χ0n) is 16.3. The van der Waals surface area contributed by atoms with Crippen LogP contribution in [0.1, 0.15) is 16.7 Å². The molecule has 31 heavy (non-hydrogen) atoms. The number of H-pyrrole nitrogens is 1. The lowest BCUT2D eigenvalue weighted by atomic mass is 10.0. The van der Waals surface area contributed by atoms with Crippen molar-refractivity contribution in [3.05, 3.63) is 95.8 Å². The summed E-state index contributed by atoms with van der Waals surface area (Å²) in [6.45, 7) is 0. The summed E-state index contributed by atoms with van der Waals surface area (Å²) < 4.78 is 27.6. The fourth-order valence-corrected chi connectivity index (χ4v) is 4.42. The Morgan fingerprint density at radius 2 is 1.74 bits per heavy atom. The van der Waals surface area contributed by atoms with Crippen molar-refractivity contribution >= 4 is 44.4 Å². The lowest BCUT2D eigenvalue weighted by molar-refractivity contribution is -0.130. The highest BCUT2D eigenvalue weighted by molar-refractivity contribution is 7.91. The Morgan fingerprint density at radius 3 is 2.42 bits per heavy atom. The van der Waals surface area contributed by atoms with Gasteiger partial charge in [0.15, 0.2) is 0 Å². The SMILES string of the molecule is O=C(O)C(=Cc1c[nH]c2ncc(NS(=O)(=O)Cc3ccccc3)cc12)c1ccccc1. The first-order chi connectivity index (χ1) is 14.9. The molecule has 0 saturated heterocycles. The Balaban J connectivity index is 1.67. The zero-order valence-corrected chi connectivity index (χ0v) is 17.1. The minimum atomic E-state index is -3.64. The molecule has 0 fully saturated rings. The van der Waals surface area contributed by atoms with Crippen LogP contribution in [0.5, 0.6) is 0 Å². The first kappa shape index (κ1) is 20.4. The molecule has 7 nitrogen and oxygen atoms in total. The summed E-state index contributed by atoms with van der Waals surface area (Å²) in [5.74, 6) is -1.23. The number of hydrogen-bond acceptors (Lipinski definition) is 4. The van der Waals surface area contributed by atoms with Crippen molar-refractivity contribution in [3.8, 4) is 0 Å². The van der Waals surface area contributed by atoms with Gasteiger partial charge in [0.1, 0.15) is 5.65 Å². The number of nitrogens with one attached hydrogen (secondary N) is 2. The summed E-state index contributed by atoms with van der Waals surface area (Å²) in [4.78, 5) is 19.1. The average Bonchev–Trinajstić information content (AvgIpc) is 3.14. The van der Waals surface area contributed by atoms with Gasteiger partial charge in [-0.05, 0) is 23.3 Å². The minimum Gasteiger partial charge on any atom is -0.478 e. The van der Waals surface area contributed by atoms with E-state index in [1.54, 1.807) is 66.9 Å². The molecule has 0 bridgehead atoms. The van der Waals surface area contributed by atoms with Crippen LogP contribution in [0.2, 0.25) is 0 Å². The Hall–Kier alpha value is -3.91. The van der Waals surface area contributed by atoms with Crippen LogP contribution in [0.15, 0.2) is 79.1 Å². The Morgan fingerprint density at radius 1 is 1.06 bits per heavy atom. The quantitative estimate of drug-likeness (QED) is 0.379. The van der Waals surface area contributed by atoms with Crippen molar-refractivity contribution in [3.63, 3.8) is 0 Å². The molecule has 2 aromatic carbocycles. The molecule has 0 aliphatic rings. The molecule has 0 atom stereocenters. The van der Waals surface area contributed by atoms with Crippen molar-refractivity contribution in [1.82, 2.24) is 9.97 Å². The molecule has 8 heteroatoms. The summed E-state index contributed by atoms with van der Waals surface area (Å²) in [6, 6.07) is 19.3. The second-order valence-electron chi connectivity index (χ2n) is 6.94. The minimum absolute atomic E-state index is 0.122. The van der Waals surface area contributed by atoms with Gasteiger partial charge in [0.2, 0.25) is 10.0 Å². The third-order valence-corrected chi connectivity index (χ3v) is 5.91. The van der Waals surface area contributed by atoms with Gasteiger partial charge in [-0.25, -0.2) is 18.2 Å². The fraction of sp³-hybridized carbons (Fsp3) is 0.0435. The number of carbonyl (C=O) groups is 1. The van der Waals surface area contributed by atoms with Gasteiger partial charge < -0.3 is 10.1 Å². The van der Waals surface area contributed by atoms with E-state index in [2.05, 4.69) is 14.7 Å².